The van der Waals surface area contributed by atoms with Crippen LogP contribution in [0.5, 0.6) is 0 Å². The lowest BCUT2D eigenvalue weighted by atomic mass is 9.99. The van der Waals surface area contributed by atoms with Crippen molar-refractivity contribution in [1.82, 2.24) is 9.62 Å². The predicted molar refractivity (Wildman–Crippen MR) is 123 cm³/mol. The van der Waals surface area contributed by atoms with Gasteiger partial charge in [-0.1, -0.05) is 42.0 Å². The topological polar surface area (TPSA) is 66.5 Å². The van der Waals surface area contributed by atoms with E-state index >= 15 is 0 Å². The van der Waals surface area contributed by atoms with Crippen LogP contribution >= 0.6 is 11.8 Å². The fourth-order valence-corrected chi connectivity index (χ4v) is 6.04. The SMILES string of the molecule is Cc1ccc(S(=O)(=O)N2CCC[C@H](C(=O)NCCSCc3ccccc3C)C2)cc1. The molecule has 0 radical (unpaired) electrons. The van der Waals surface area contributed by atoms with Crippen molar-refractivity contribution in [2.75, 3.05) is 25.4 Å². The standard InChI is InChI=1S/C23H30N2O3S2/c1-18-9-11-22(12-10-18)30(27,28)25-14-5-8-20(16-25)23(26)24-13-15-29-17-21-7-4-3-6-19(21)2/h3-4,6-7,9-12,20H,5,8,13-17H2,1-2H3,(H,24,26)/t20-/m0/s1. The summed E-state index contributed by atoms with van der Waals surface area (Å²) in [7, 11) is -3.56. The maximum absolute atomic E-state index is 12.9. The maximum Gasteiger partial charge on any atom is 0.243 e. The van der Waals surface area contributed by atoms with E-state index in [1.165, 1.54) is 15.4 Å². The zero-order chi connectivity index (χ0) is 21.6. The average molecular weight is 447 g/mol. The highest BCUT2D eigenvalue weighted by atomic mass is 32.2. The molecule has 30 heavy (non-hydrogen) atoms. The molecular formula is C23H30N2O3S2. The van der Waals surface area contributed by atoms with Crippen molar-refractivity contribution in [2.24, 2.45) is 5.92 Å². The van der Waals surface area contributed by atoms with Crippen molar-refractivity contribution < 1.29 is 13.2 Å². The number of thioether (sulfide) groups is 1. The minimum absolute atomic E-state index is 0.0460. The molecule has 0 unspecified atom stereocenters. The maximum atomic E-state index is 12.9. The molecule has 1 fully saturated rings. The summed E-state index contributed by atoms with van der Waals surface area (Å²) in [5.41, 5.74) is 3.62. The monoisotopic (exact) mass is 446 g/mol. The van der Waals surface area contributed by atoms with Crippen molar-refractivity contribution in [3.8, 4) is 0 Å². The van der Waals surface area contributed by atoms with Gasteiger partial charge in [0.05, 0.1) is 10.8 Å². The average Bonchev–Trinajstić information content (AvgIpc) is 2.75. The number of sulfonamides is 1. The number of amides is 1. The summed E-state index contributed by atoms with van der Waals surface area (Å²) in [6.07, 6.45) is 1.42. The first-order valence-electron chi connectivity index (χ1n) is 10.3. The van der Waals surface area contributed by atoms with Gasteiger partial charge in [0.2, 0.25) is 15.9 Å². The second-order valence-corrected chi connectivity index (χ2v) is 10.8. The fourth-order valence-electron chi connectivity index (χ4n) is 3.58. The lowest BCUT2D eigenvalue weighted by Crippen LogP contribution is -2.45. The van der Waals surface area contributed by atoms with Gasteiger partial charge >= 0.3 is 0 Å². The van der Waals surface area contributed by atoms with E-state index in [-0.39, 0.29) is 18.4 Å². The van der Waals surface area contributed by atoms with Gasteiger partial charge in [0, 0.05) is 31.1 Å². The van der Waals surface area contributed by atoms with Crippen LogP contribution in [0.3, 0.4) is 0 Å². The third-order valence-electron chi connectivity index (χ3n) is 5.48. The van der Waals surface area contributed by atoms with E-state index < -0.39 is 10.0 Å². The number of benzene rings is 2. The van der Waals surface area contributed by atoms with Crippen LogP contribution in [0, 0.1) is 19.8 Å². The number of nitrogens with one attached hydrogen (secondary N) is 1. The Morgan fingerprint density at radius 2 is 1.87 bits per heavy atom. The Morgan fingerprint density at radius 3 is 2.60 bits per heavy atom. The Labute approximate surface area is 184 Å². The molecule has 3 rings (SSSR count). The van der Waals surface area contributed by atoms with Crippen molar-refractivity contribution in [1.29, 1.82) is 0 Å². The molecule has 2 aromatic carbocycles. The van der Waals surface area contributed by atoms with Crippen molar-refractivity contribution >= 4 is 27.7 Å². The van der Waals surface area contributed by atoms with Gasteiger partial charge in [-0.05, 0) is 49.9 Å². The van der Waals surface area contributed by atoms with Crippen LogP contribution in [-0.2, 0) is 20.6 Å². The highest BCUT2D eigenvalue weighted by molar-refractivity contribution is 7.98. The van der Waals surface area contributed by atoms with Crippen molar-refractivity contribution in [3.63, 3.8) is 0 Å². The molecule has 162 valence electrons. The molecule has 1 heterocycles. The molecule has 1 aliphatic heterocycles. The van der Waals surface area contributed by atoms with Crippen LogP contribution in [-0.4, -0.2) is 44.0 Å². The third-order valence-corrected chi connectivity index (χ3v) is 8.37. The molecule has 2 aromatic rings. The number of hydrogen-bond acceptors (Lipinski definition) is 4. The highest BCUT2D eigenvalue weighted by Crippen LogP contribution is 2.24. The summed E-state index contributed by atoms with van der Waals surface area (Å²) in [6, 6.07) is 15.2. The van der Waals surface area contributed by atoms with Gasteiger partial charge in [0.25, 0.3) is 0 Å². The summed E-state index contributed by atoms with van der Waals surface area (Å²) in [5, 5.41) is 2.99. The first-order chi connectivity index (χ1) is 14.4. The van der Waals surface area contributed by atoms with E-state index in [1.54, 1.807) is 36.0 Å². The number of rotatable bonds is 8. The van der Waals surface area contributed by atoms with Gasteiger partial charge in [-0.2, -0.15) is 16.1 Å². The van der Waals surface area contributed by atoms with Gasteiger partial charge < -0.3 is 5.32 Å². The van der Waals surface area contributed by atoms with Gasteiger partial charge in [-0.3, -0.25) is 4.79 Å². The smallest absolute Gasteiger partial charge is 0.243 e. The molecule has 0 bridgehead atoms. The van der Waals surface area contributed by atoms with E-state index in [9.17, 15) is 13.2 Å². The number of aryl methyl sites for hydroxylation is 2. The van der Waals surface area contributed by atoms with Gasteiger partial charge in [0.15, 0.2) is 0 Å². The minimum atomic E-state index is -3.56. The molecule has 0 aromatic heterocycles. The molecule has 1 saturated heterocycles. The van der Waals surface area contributed by atoms with Crippen LogP contribution in [0.2, 0.25) is 0 Å². The number of carbonyl (C=O) groups is 1. The van der Waals surface area contributed by atoms with E-state index in [1.807, 2.05) is 19.1 Å². The van der Waals surface area contributed by atoms with Crippen LogP contribution in [0.1, 0.15) is 29.5 Å². The Morgan fingerprint density at radius 1 is 1.13 bits per heavy atom. The lowest BCUT2D eigenvalue weighted by Gasteiger charge is -2.31. The molecular weight excluding hydrogens is 416 g/mol. The van der Waals surface area contributed by atoms with Crippen LogP contribution in [0.15, 0.2) is 53.4 Å². The molecule has 0 spiro atoms. The Kier molecular flexibility index (Phi) is 7.97. The van der Waals surface area contributed by atoms with Gasteiger partial charge in [0.1, 0.15) is 0 Å². The summed E-state index contributed by atoms with van der Waals surface area (Å²) < 4.78 is 27.3. The normalized spacial score (nSPS) is 17.6. The molecule has 5 nitrogen and oxygen atoms in total. The van der Waals surface area contributed by atoms with Crippen LogP contribution < -0.4 is 5.32 Å². The Bertz CT molecular complexity index is 959. The molecule has 0 saturated carbocycles. The van der Waals surface area contributed by atoms with E-state index in [4.69, 9.17) is 0 Å². The summed E-state index contributed by atoms with van der Waals surface area (Å²) in [6.45, 7) is 5.34. The quantitative estimate of drug-likeness (QED) is 0.627. The van der Waals surface area contributed by atoms with Crippen LogP contribution in [0.25, 0.3) is 0 Å². The van der Waals surface area contributed by atoms with Gasteiger partial charge in [-0.15, -0.1) is 0 Å². The third kappa shape index (κ3) is 5.86. The number of hydrogen-bond donors (Lipinski definition) is 1. The van der Waals surface area contributed by atoms with E-state index in [0.29, 0.717) is 24.4 Å². The number of piperidine rings is 1. The highest BCUT2D eigenvalue weighted by Gasteiger charge is 2.33. The number of carbonyl (C=O) groups excluding carboxylic acids is 1. The minimum Gasteiger partial charge on any atom is -0.355 e. The molecule has 1 amide bonds. The largest absolute Gasteiger partial charge is 0.355 e. The zero-order valence-electron chi connectivity index (χ0n) is 17.6. The summed E-state index contributed by atoms with van der Waals surface area (Å²) >= 11 is 1.79. The first kappa shape index (κ1) is 22.8. The Balaban J connectivity index is 1.47. The molecule has 1 N–H and O–H groups in total. The number of nitrogens with zero attached hydrogens (tertiary/aromatic N) is 1. The second-order valence-electron chi connectivity index (χ2n) is 7.79. The first-order valence-corrected chi connectivity index (χ1v) is 12.9. The van der Waals surface area contributed by atoms with Crippen molar-refractivity contribution in [2.45, 2.75) is 37.3 Å². The fraction of sp³-hybridized carbons (Fsp3) is 0.435. The molecule has 1 atom stereocenters. The molecule has 7 heteroatoms. The molecule has 1 aliphatic rings. The summed E-state index contributed by atoms with van der Waals surface area (Å²) in [4.78, 5) is 12.9. The lowest BCUT2D eigenvalue weighted by molar-refractivity contribution is -0.125. The Hall–Kier alpha value is -1.83. The zero-order valence-corrected chi connectivity index (χ0v) is 19.3. The van der Waals surface area contributed by atoms with Gasteiger partial charge in [-0.25, -0.2) is 8.42 Å². The van der Waals surface area contributed by atoms with E-state index in [2.05, 4.69) is 24.4 Å². The van der Waals surface area contributed by atoms with Crippen molar-refractivity contribution in [3.05, 3.63) is 65.2 Å². The van der Waals surface area contributed by atoms with Crippen LogP contribution in [0.4, 0.5) is 0 Å². The summed E-state index contributed by atoms with van der Waals surface area (Å²) in [5.74, 6) is 1.42. The predicted octanol–water partition coefficient (Wildman–Crippen LogP) is 3.75. The van der Waals surface area contributed by atoms with E-state index in [0.717, 1.165) is 23.5 Å². The molecule has 0 aliphatic carbocycles. The second kappa shape index (κ2) is 10.5.